The van der Waals surface area contributed by atoms with Gasteiger partial charge in [0.1, 0.15) is 5.69 Å². The number of H-pyrrole nitrogens is 1. The lowest BCUT2D eigenvalue weighted by molar-refractivity contribution is 0.0994. The predicted molar refractivity (Wildman–Crippen MR) is 94.3 cm³/mol. The molecule has 0 aliphatic heterocycles. The van der Waals surface area contributed by atoms with Gasteiger partial charge in [0, 0.05) is 22.7 Å². The molecule has 122 valence electrons. The van der Waals surface area contributed by atoms with Gasteiger partial charge in [-0.2, -0.15) is 0 Å². The third kappa shape index (κ3) is 3.21. The van der Waals surface area contributed by atoms with Crippen LogP contribution < -0.4 is 11.1 Å². The Bertz CT molecular complexity index is 926. The number of anilines is 1. The van der Waals surface area contributed by atoms with Gasteiger partial charge in [0.15, 0.2) is 5.13 Å². The number of amides is 2. The minimum absolute atomic E-state index is 0.191. The van der Waals surface area contributed by atoms with Gasteiger partial charge in [-0.15, -0.1) is 11.3 Å². The molecular formula is C17H16N4O2S. The van der Waals surface area contributed by atoms with Gasteiger partial charge >= 0.3 is 0 Å². The molecule has 0 saturated carbocycles. The van der Waals surface area contributed by atoms with E-state index in [4.69, 9.17) is 5.73 Å². The fraction of sp³-hybridized carbons (Fsp3) is 0.118. The smallest absolute Gasteiger partial charge is 0.265 e. The number of carbonyl (C=O) groups is 2. The minimum atomic E-state index is -0.528. The lowest BCUT2D eigenvalue weighted by atomic mass is 10.1. The summed E-state index contributed by atoms with van der Waals surface area (Å²) in [6.07, 6.45) is 1.66. The summed E-state index contributed by atoms with van der Waals surface area (Å²) in [6, 6.07) is 7.37. The molecule has 0 fully saturated rings. The number of benzene rings is 1. The SMILES string of the molecule is Cc1ccc(C)c(C(=O)Nc2nc(-c3c[nH]c(C(N)=O)c3)cs2)c1. The largest absolute Gasteiger partial charge is 0.364 e. The van der Waals surface area contributed by atoms with Gasteiger partial charge in [-0.05, 0) is 31.5 Å². The molecule has 2 heterocycles. The van der Waals surface area contributed by atoms with Crippen LogP contribution >= 0.6 is 11.3 Å². The van der Waals surface area contributed by atoms with E-state index in [0.29, 0.717) is 22.1 Å². The van der Waals surface area contributed by atoms with E-state index in [1.54, 1.807) is 12.3 Å². The topological polar surface area (TPSA) is 101 Å². The number of nitrogens with zero attached hydrogens (tertiary/aromatic N) is 1. The Kier molecular flexibility index (Phi) is 4.18. The summed E-state index contributed by atoms with van der Waals surface area (Å²) in [5, 5.41) is 5.12. The Hall–Kier alpha value is -2.93. The molecule has 0 spiro atoms. The summed E-state index contributed by atoms with van der Waals surface area (Å²) in [6.45, 7) is 3.84. The zero-order chi connectivity index (χ0) is 17.3. The Morgan fingerprint density at radius 1 is 1.25 bits per heavy atom. The molecule has 0 atom stereocenters. The second kappa shape index (κ2) is 6.29. The average Bonchev–Trinajstić information content (AvgIpc) is 3.18. The van der Waals surface area contributed by atoms with Gasteiger partial charge in [-0.25, -0.2) is 4.98 Å². The molecule has 6 nitrogen and oxygen atoms in total. The van der Waals surface area contributed by atoms with Gasteiger partial charge in [0.05, 0.1) is 5.69 Å². The van der Waals surface area contributed by atoms with Crippen LogP contribution in [0.3, 0.4) is 0 Å². The molecular weight excluding hydrogens is 324 g/mol. The number of nitrogens with one attached hydrogen (secondary N) is 2. The fourth-order valence-electron chi connectivity index (χ4n) is 2.29. The normalized spacial score (nSPS) is 10.6. The van der Waals surface area contributed by atoms with Crippen molar-refractivity contribution in [3.8, 4) is 11.3 Å². The Balaban J connectivity index is 1.79. The Labute approximate surface area is 142 Å². The predicted octanol–water partition coefficient (Wildman–Crippen LogP) is 3.11. The van der Waals surface area contributed by atoms with Crippen molar-refractivity contribution < 1.29 is 9.59 Å². The molecule has 0 aliphatic rings. The summed E-state index contributed by atoms with van der Waals surface area (Å²) in [5.74, 6) is -0.719. The number of hydrogen-bond acceptors (Lipinski definition) is 4. The first kappa shape index (κ1) is 15.9. The standard InChI is InChI=1S/C17H16N4O2S/c1-9-3-4-10(2)12(5-9)16(23)21-17-20-14(8-24-17)11-6-13(15(18)22)19-7-11/h3-8,19H,1-2H3,(H2,18,22)(H,20,21,23). The van der Waals surface area contributed by atoms with Crippen molar-refractivity contribution in [2.75, 3.05) is 5.32 Å². The Morgan fingerprint density at radius 3 is 2.75 bits per heavy atom. The molecule has 4 N–H and O–H groups in total. The highest BCUT2D eigenvalue weighted by atomic mass is 32.1. The summed E-state index contributed by atoms with van der Waals surface area (Å²) in [5.41, 5.74) is 9.51. The van der Waals surface area contributed by atoms with Crippen LogP contribution in [0.25, 0.3) is 11.3 Å². The van der Waals surface area contributed by atoms with Gasteiger partial charge in [0.25, 0.3) is 11.8 Å². The van der Waals surface area contributed by atoms with Crippen LogP contribution in [-0.2, 0) is 0 Å². The molecule has 0 radical (unpaired) electrons. The average molecular weight is 340 g/mol. The Morgan fingerprint density at radius 2 is 2.04 bits per heavy atom. The molecule has 3 aromatic rings. The maximum atomic E-state index is 12.4. The van der Waals surface area contributed by atoms with E-state index in [1.165, 1.54) is 11.3 Å². The quantitative estimate of drug-likeness (QED) is 0.680. The van der Waals surface area contributed by atoms with Crippen molar-refractivity contribution in [1.82, 2.24) is 9.97 Å². The van der Waals surface area contributed by atoms with E-state index in [0.717, 1.165) is 16.7 Å². The zero-order valence-electron chi connectivity index (χ0n) is 13.2. The van der Waals surface area contributed by atoms with Gasteiger partial charge in [0.2, 0.25) is 0 Å². The van der Waals surface area contributed by atoms with E-state index in [1.807, 2.05) is 37.4 Å². The molecule has 0 saturated heterocycles. The second-order valence-electron chi connectivity index (χ2n) is 5.48. The highest BCUT2D eigenvalue weighted by Gasteiger charge is 2.13. The molecule has 1 aromatic carbocycles. The first-order chi connectivity index (χ1) is 11.4. The number of thiazole rings is 1. The van der Waals surface area contributed by atoms with Gasteiger partial charge < -0.3 is 10.7 Å². The lowest BCUT2D eigenvalue weighted by Crippen LogP contribution is -2.13. The number of hydrogen-bond donors (Lipinski definition) is 3. The summed E-state index contributed by atoms with van der Waals surface area (Å²) >= 11 is 1.32. The van der Waals surface area contributed by atoms with E-state index in [2.05, 4.69) is 15.3 Å². The molecule has 7 heteroatoms. The van der Waals surface area contributed by atoms with Crippen molar-refractivity contribution >= 4 is 28.3 Å². The monoisotopic (exact) mass is 340 g/mol. The number of nitrogens with two attached hydrogens (primary N) is 1. The molecule has 3 rings (SSSR count). The fourth-order valence-corrected chi connectivity index (χ4v) is 3.01. The van der Waals surface area contributed by atoms with E-state index in [9.17, 15) is 9.59 Å². The molecule has 0 unspecified atom stereocenters. The van der Waals surface area contributed by atoms with Crippen LogP contribution in [0.15, 0.2) is 35.8 Å². The highest BCUT2D eigenvalue weighted by molar-refractivity contribution is 7.14. The van der Waals surface area contributed by atoms with Crippen molar-refractivity contribution in [3.63, 3.8) is 0 Å². The molecule has 24 heavy (non-hydrogen) atoms. The second-order valence-corrected chi connectivity index (χ2v) is 6.33. The third-order valence-electron chi connectivity index (χ3n) is 3.61. The minimum Gasteiger partial charge on any atom is -0.364 e. The molecule has 0 bridgehead atoms. The number of rotatable bonds is 4. The van der Waals surface area contributed by atoms with Crippen LogP contribution in [0.1, 0.15) is 32.0 Å². The van der Waals surface area contributed by atoms with E-state index >= 15 is 0 Å². The maximum absolute atomic E-state index is 12.4. The van der Waals surface area contributed by atoms with Crippen molar-refractivity contribution in [2.24, 2.45) is 5.73 Å². The maximum Gasteiger partial charge on any atom is 0.265 e. The zero-order valence-corrected chi connectivity index (χ0v) is 14.0. The summed E-state index contributed by atoms with van der Waals surface area (Å²) in [7, 11) is 0. The van der Waals surface area contributed by atoms with Crippen molar-refractivity contribution in [2.45, 2.75) is 13.8 Å². The van der Waals surface area contributed by atoms with Crippen LogP contribution in [0.5, 0.6) is 0 Å². The molecule has 2 aromatic heterocycles. The highest BCUT2D eigenvalue weighted by Crippen LogP contribution is 2.26. The van der Waals surface area contributed by atoms with E-state index in [-0.39, 0.29) is 5.91 Å². The first-order valence-corrected chi connectivity index (χ1v) is 8.15. The van der Waals surface area contributed by atoms with Crippen LogP contribution in [0.4, 0.5) is 5.13 Å². The number of aromatic nitrogens is 2. The third-order valence-corrected chi connectivity index (χ3v) is 4.36. The molecule has 0 aliphatic carbocycles. The van der Waals surface area contributed by atoms with Gasteiger partial charge in [-0.3, -0.25) is 14.9 Å². The summed E-state index contributed by atoms with van der Waals surface area (Å²) < 4.78 is 0. The number of carbonyl (C=O) groups excluding carboxylic acids is 2. The number of aromatic amines is 1. The van der Waals surface area contributed by atoms with Crippen molar-refractivity contribution in [3.05, 3.63) is 58.2 Å². The number of primary amides is 1. The summed E-state index contributed by atoms with van der Waals surface area (Å²) in [4.78, 5) is 30.7. The van der Waals surface area contributed by atoms with Crippen LogP contribution in [0.2, 0.25) is 0 Å². The number of aryl methyl sites for hydroxylation is 2. The van der Waals surface area contributed by atoms with Crippen LogP contribution in [-0.4, -0.2) is 21.8 Å². The van der Waals surface area contributed by atoms with Gasteiger partial charge in [-0.1, -0.05) is 17.7 Å². The first-order valence-electron chi connectivity index (χ1n) is 7.27. The van der Waals surface area contributed by atoms with Crippen molar-refractivity contribution in [1.29, 1.82) is 0 Å². The lowest BCUT2D eigenvalue weighted by Gasteiger charge is -2.06. The van der Waals surface area contributed by atoms with E-state index < -0.39 is 5.91 Å². The van der Waals surface area contributed by atoms with Crippen LogP contribution in [0, 0.1) is 13.8 Å². The molecule has 2 amide bonds.